The Labute approximate surface area is 148 Å². The van der Waals surface area contributed by atoms with Crippen molar-refractivity contribution in [2.75, 3.05) is 50.7 Å². The quantitative estimate of drug-likeness (QED) is 0.544. The standard InChI is InChI=1S/C18H26N4O3/c1-3-19-17(24)12-20-18(25)13-21-8-10-22(11-9-21)16-6-4-15(5-7-16)14(2)23/h4-7H,3,8-13H2,1-2H3,(H,19,24)(H,20,25)/p+1. The fourth-order valence-corrected chi connectivity index (χ4v) is 2.89. The predicted octanol–water partition coefficient (Wildman–Crippen LogP) is -1.15. The zero-order chi connectivity index (χ0) is 18.2. The number of nitrogens with one attached hydrogen (secondary N) is 3. The summed E-state index contributed by atoms with van der Waals surface area (Å²) in [5.41, 5.74) is 1.82. The average Bonchev–Trinajstić information content (AvgIpc) is 2.61. The zero-order valence-corrected chi connectivity index (χ0v) is 14.9. The first-order chi connectivity index (χ1) is 12.0. The second-order valence-corrected chi connectivity index (χ2v) is 6.25. The van der Waals surface area contributed by atoms with Crippen LogP contribution < -0.4 is 20.4 Å². The van der Waals surface area contributed by atoms with Crippen LogP contribution in [0.5, 0.6) is 0 Å². The Morgan fingerprint density at radius 2 is 1.68 bits per heavy atom. The molecular weight excluding hydrogens is 320 g/mol. The maximum absolute atomic E-state index is 11.9. The van der Waals surface area contributed by atoms with Crippen LogP contribution in [-0.2, 0) is 9.59 Å². The van der Waals surface area contributed by atoms with Gasteiger partial charge in [0, 0.05) is 17.8 Å². The number of hydrogen-bond donors (Lipinski definition) is 3. The van der Waals surface area contributed by atoms with Crippen LogP contribution in [-0.4, -0.2) is 63.4 Å². The number of nitrogens with zero attached hydrogens (tertiary/aromatic N) is 1. The third kappa shape index (κ3) is 5.86. The van der Waals surface area contributed by atoms with Crippen LogP contribution in [0.3, 0.4) is 0 Å². The number of benzene rings is 1. The van der Waals surface area contributed by atoms with Gasteiger partial charge in [0.05, 0.1) is 32.7 Å². The monoisotopic (exact) mass is 347 g/mol. The Hall–Kier alpha value is -2.41. The second kappa shape index (κ2) is 9.17. The summed E-state index contributed by atoms with van der Waals surface area (Å²) in [6.07, 6.45) is 0. The van der Waals surface area contributed by atoms with Crippen molar-refractivity contribution in [2.24, 2.45) is 0 Å². The molecule has 0 atom stereocenters. The van der Waals surface area contributed by atoms with E-state index in [1.807, 2.05) is 31.2 Å². The molecule has 1 fully saturated rings. The third-order valence-corrected chi connectivity index (χ3v) is 4.34. The van der Waals surface area contributed by atoms with E-state index in [9.17, 15) is 14.4 Å². The Kier molecular flexibility index (Phi) is 6.94. The van der Waals surface area contributed by atoms with Gasteiger partial charge < -0.3 is 20.4 Å². The molecule has 1 saturated heterocycles. The lowest BCUT2D eigenvalue weighted by Crippen LogP contribution is -3.16. The molecule has 2 amide bonds. The number of carbonyl (C=O) groups excluding carboxylic acids is 3. The summed E-state index contributed by atoms with van der Waals surface area (Å²) in [5.74, 6) is -0.190. The molecule has 25 heavy (non-hydrogen) atoms. The molecule has 0 radical (unpaired) electrons. The number of quaternary nitrogens is 1. The number of amides is 2. The van der Waals surface area contributed by atoms with E-state index in [0.717, 1.165) is 37.4 Å². The predicted molar refractivity (Wildman–Crippen MR) is 95.9 cm³/mol. The summed E-state index contributed by atoms with van der Waals surface area (Å²) in [6.45, 7) is 7.84. The molecule has 1 aromatic rings. The van der Waals surface area contributed by atoms with E-state index in [-0.39, 0.29) is 24.1 Å². The first-order valence-electron chi connectivity index (χ1n) is 8.72. The molecule has 1 aliphatic rings. The van der Waals surface area contributed by atoms with Gasteiger partial charge in [-0.2, -0.15) is 0 Å². The number of ketones is 1. The van der Waals surface area contributed by atoms with Gasteiger partial charge in [0.1, 0.15) is 0 Å². The summed E-state index contributed by atoms with van der Waals surface area (Å²) in [4.78, 5) is 38.1. The van der Waals surface area contributed by atoms with Crippen LogP contribution in [0.4, 0.5) is 5.69 Å². The molecule has 0 spiro atoms. The van der Waals surface area contributed by atoms with Gasteiger partial charge in [-0.3, -0.25) is 14.4 Å². The lowest BCUT2D eigenvalue weighted by Gasteiger charge is -2.33. The highest BCUT2D eigenvalue weighted by molar-refractivity contribution is 5.94. The smallest absolute Gasteiger partial charge is 0.275 e. The summed E-state index contributed by atoms with van der Waals surface area (Å²) >= 11 is 0. The minimum atomic E-state index is -0.162. The number of anilines is 1. The Morgan fingerprint density at radius 3 is 2.24 bits per heavy atom. The molecule has 7 nitrogen and oxygen atoms in total. The van der Waals surface area contributed by atoms with Gasteiger partial charge in [0.25, 0.3) is 5.91 Å². The molecule has 136 valence electrons. The number of rotatable bonds is 7. The van der Waals surface area contributed by atoms with Gasteiger partial charge in [0.15, 0.2) is 12.3 Å². The van der Waals surface area contributed by atoms with Crippen molar-refractivity contribution < 1.29 is 19.3 Å². The molecule has 1 heterocycles. The van der Waals surface area contributed by atoms with E-state index < -0.39 is 0 Å². The SMILES string of the molecule is CCNC(=O)CNC(=O)C[NH+]1CCN(c2ccc(C(C)=O)cc2)CC1. The number of Topliss-reactive ketones (excluding diaryl/α,β-unsaturated/α-hetero) is 1. The van der Waals surface area contributed by atoms with Crippen molar-refractivity contribution >= 4 is 23.3 Å². The third-order valence-electron chi connectivity index (χ3n) is 4.34. The van der Waals surface area contributed by atoms with Gasteiger partial charge in [-0.1, -0.05) is 0 Å². The van der Waals surface area contributed by atoms with E-state index in [4.69, 9.17) is 0 Å². The fourth-order valence-electron chi connectivity index (χ4n) is 2.89. The lowest BCUT2D eigenvalue weighted by molar-refractivity contribution is -0.892. The minimum Gasteiger partial charge on any atom is -0.360 e. The Balaban J connectivity index is 1.74. The minimum absolute atomic E-state index is 0.0363. The van der Waals surface area contributed by atoms with E-state index in [0.29, 0.717) is 13.1 Å². The molecule has 0 saturated carbocycles. The average molecular weight is 347 g/mol. The van der Waals surface area contributed by atoms with E-state index in [1.54, 1.807) is 6.92 Å². The molecule has 0 aromatic heterocycles. The van der Waals surface area contributed by atoms with Crippen molar-refractivity contribution in [3.63, 3.8) is 0 Å². The van der Waals surface area contributed by atoms with Gasteiger partial charge in [-0.05, 0) is 38.1 Å². The van der Waals surface area contributed by atoms with Crippen LogP contribution in [0, 0.1) is 0 Å². The van der Waals surface area contributed by atoms with Crippen molar-refractivity contribution in [1.29, 1.82) is 0 Å². The van der Waals surface area contributed by atoms with Crippen LogP contribution >= 0.6 is 0 Å². The molecule has 3 N–H and O–H groups in total. The number of likely N-dealkylation sites (N-methyl/N-ethyl adjacent to an activating group) is 1. The highest BCUT2D eigenvalue weighted by atomic mass is 16.2. The summed E-state index contributed by atoms with van der Waals surface area (Å²) in [5, 5.41) is 5.31. The van der Waals surface area contributed by atoms with Gasteiger partial charge >= 0.3 is 0 Å². The fraction of sp³-hybridized carbons (Fsp3) is 0.500. The Bertz CT molecular complexity index is 607. The molecule has 7 heteroatoms. The molecular formula is C18H27N4O3+. The van der Waals surface area contributed by atoms with Crippen LogP contribution in [0.15, 0.2) is 24.3 Å². The first-order valence-corrected chi connectivity index (χ1v) is 8.72. The Morgan fingerprint density at radius 1 is 1.04 bits per heavy atom. The largest absolute Gasteiger partial charge is 0.360 e. The molecule has 2 rings (SSSR count). The molecule has 0 bridgehead atoms. The zero-order valence-electron chi connectivity index (χ0n) is 14.9. The highest BCUT2D eigenvalue weighted by Gasteiger charge is 2.22. The number of carbonyl (C=O) groups is 3. The maximum Gasteiger partial charge on any atom is 0.275 e. The number of piperazine rings is 1. The van der Waals surface area contributed by atoms with Crippen LogP contribution in [0.1, 0.15) is 24.2 Å². The molecule has 0 aliphatic carbocycles. The van der Waals surface area contributed by atoms with Crippen molar-refractivity contribution in [3.05, 3.63) is 29.8 Å². The van der Waals surface area contributed by atoms with Crippen molar-refractivity contribution in [1.82, 2.24) is 10.6 Å². The van der Waals surface area contributed by atoms with E-state index in [1.165, 1.54) is 4.90 Å². The summed E-state index contributed by atoms with van der Waals surface area (Å²) in [6, 6.07) is 7.65. The van der Waals surface area contributed by atoms with Crippen molar-refractivity contribution in [2.45, 2.75) is 13.8 Å². The second-order valence-electron chi connectivity index (χ2n) is 6.25. The van der Waals surface area contributed by atoms with Crippen molar-refractivity contribution in [3.8, 4) is 0 Å². The normalized spacial score (nSPS) is 14.9. The molecule has 0 unspecified atom stereocenters. The van der Waals surface area contributed by atoms with Crippen LogP contribution in [0.2, 0.25) is 0 Å². The van der Waals surface area contributed by atoms with Crippen LogP contribution in [0.25, 0.3) is 0 Å². The summed E-state index contributed by atoms with van der Waals surface area (Å²) < 4.78 is 0. The molecule has 1 aromatic carbocycles. The van der Waals surface area contributed by atoms with Gasteiger partial charge in [-0.25, -0.2) is 0 Å². The lowest BCUT2D eigenvalue weighted by atomic mass is 10.1. The van der Waals surface area contributed by atoms with Gasteiger partial charge in [-0.15, -0.1) is 0 Å². The topological polar surface area (TPSA) is 82.9 Å². The van der Waals surface area contributed by atoms with E-state index in [2.05, 4.69) is 15.5 Å². The van der Waals surface area contributed by atoms with Gasteiger partial charge in [0.2, 0.25) is 5.91 Å². The van der Waals surface area contributed by atoms with E-state index >= 15 is 0 Å². The first kappa shape index (κ1) is 18.9. The molecule has 1 aliphatic heterocycles. The maximum atomic E-state index is 11.9. The number of hydrogen-bond acceptors (Lipinski definition) is 4. The highest BCUT2D eigenvalue weighted by Crippen LogP contribution is 2.15. The summed E-state index contributed by atoms with van der Waals surface area (Å²) in [7, 11) is 0.